The third-order valence-electron chi connectivity index (χ3n) is 4.32. The van der Waals surface area contributed by atoms with Gasteiger partial charge in [0.1, 0.15) is 12.7 Å². The molecule has 2 aromatic rings. The van der Waals surface area contributed by atoms with Gasteiger partial charge in [-0.25, -0.2) is 9.67 Å². The third-order valence-corrected chi connectivity index (χ3v) is 4.55. The van der Waals surface area contributed by atoms with Gasteiger partial charge < -0.3 is 4.90 Å². The van der Waals surface area contributed by atoms with Crippen LogP contribution in [0.2, 0.25) is 5.02 Å². The molecule has 5 heteroatoms. The lowest BCUT2D eigenvalue weighted by molar-refractivity contribution is 0.173. The maximum atomic E-state index is 6.08. The van der Waals surface area contributed by atoms with Crippen LogP contribution >= 0.6 is 11.6 Å². The highest BCUT2D eigenvalue weighted by Gasteiger charge is 2.22. The average Bonchev–Trinajstić information content (AvgIpc) is 3.02. The highest BCUT2D eigenvalue weighted by Crippen LogP contribution is 2.25. The molecule has 1 fully saturated rings. The molecule has 1 aliphatic heterocycles. The van der Waals surface area contributed by atoms with Crippen molar-refractivity contribution in [1.82, 2.24) is 19.7 Å². The third kappa shape index (κ3) is 3.63. The van der Waals surface area contributed by atoms with E-state index in [2.05, 4.69) is 34.0 Å². The molecular formula is C16H21ClN4. The highest BCUT2D eigenvalue weighted by atomic mass is 35.5. The van der Waals surface area contributed by atoms with E-state index in [0.29, 0.717) is 12.0 Å². The topological polar surface area (TPSA) is 34.0 Å². The number of likely N-dealkylation sites (tertiary alicyclic amines) is 1. The van der Waals surface area contributed by atoms with Crippen LogP contribution in [0.5, 0.6) is 0 Å². The number of aromatic nitrogens is 3. The number of rotatable bonds is 4. The fraction of sp³-hybridized carbons (Fsp3) is 0.500. The van der Waals surface area contributed by atoms with Gasteiger partial charge in [-0.2, -0.15) is 5.10 Å². The number of hydrogen-bond donors (Lipinski definition) is 0. The molecule has 1 aliphatic rings. The maximum absolute atomic E-state index is 6.08. The van der Waals surface area contributed by atoms with Crippen molar-refractivity contribution >= 4 is 11.6 Å². The zero-order chi connectivity index (χ0) is 14.7. The minimum absolute atomic E-state index is 0.505. The van der Waals surface area contributed by atoms with Crippen molar-refractivity contribution in [3.63, 3.8) is 0 Å². The lowest BCUT2D eigenvalue weighted by atomic mass is 9.98. The summed E-state index contributed by atoms with van der Waals surface area (Å²) in [6.45, 7) is 5.60. The number of benzene rings is 1. The summed E-state index contributed by atoms with van der Waals surface area (Å²) in [5.74, 6) is 0.506. The normalized spacial score (nSPS) is 18.8. The first kappa shape index (κ1) is 14.5. The molecule has 21 heavy (non-hydrogen) atoms. The molecule has 0 amide bonds. The van der Waals surface area contributed by atoms with E-state index in [1.807, 2.05) is 23.1 Å². The molecule has 3 rings (SSSR count). The summed E-state index contributed by atoms with van der Waals surface area (Å²) >= 11 is 6.08. The molecular weight excluding hydrogens is 284 g/mol. The van der Waals surface area contributed by atoms with Crippen LogP contribution in [0.15, 0.2) is 36.9 Å². The molecule has 112 valence electrons. The Balaban J connectivity index is 1.53. The Bertz CT molecular complexity index is 561. The SMILES string of the molecule is CC(CN1CCC(n2cncn2)CC1)c1cccc(Cl)c1. The van der Waals surface area contributed by atoms with Crippen molar-refractivity contribution < 1.29 is 0 Å². The average molecular weight is 305 g/mol. The predicted molar refractivity (Wildman–Crippen MR) is 84.6 cm³/mol. The second kappa shape index (κ2) is 6.58. The van der Waals surface area contributed by atoms with Crippen LogP contribution < -0.4 is 0 Å². The molecule has 0 N–H and O–H groups in total. The molecule has 0 spiro atoms. The zero-order valence-corrected chi connectivity index (χ0v) is 13.1. The van der Waals surface area contributed by atoms with E-state index >= 15 is 0 Å². The smallest absolute Gasteiger partial charge is 0.137 e. The van der Waals surface area contributed by atoms with Gasteiger partial charge in [-0.1, -0.05) is 30.7 Å². The summed E-state index contributed by atoms with van der Waals surface area (Å²) < 4.78 is 2.00. The monoisotopic (exact) mass is 304 g/mol. The molecule has 0 saturated carbocycles. The van der Waals surface area contributed by atoms with Crippen molar-refractivity contribution in [2.75, 3.05) is 19.6 Å². The Morgan fingerprint density at radius 2 is 2.14 bits per heavy atom. The number of hydrogen-bond acceptors (Lipinski definition) is 3. The van der Waals surface area contributed by atoms with Crippen LogP contribution in [0.4, 0.5) is 0 Å². The van der Waals surface area contributed by atoms with E-state index in [9.17, 15) is 0 Å². The van der Waals surface area contributed by atoms with Gasteiger partial charge in [0.15, 0.2) is 0 Å². The Labute approximate surface area is 130 Å². The quantitative estimate of drug-likeness (QED) is 0.868. The lowest BCUT2D eigenvalue weighted by Crippen LogP contribution is -2.37. The Kier molecular flexibility index (Phi) is 4.56. The van der Waals surface area contributed by atoms with Crippen molar-refractivity contribution in [2.24, 2.45) is 0 Å². The van der Waals surface area contributed by atoms with E-state index < -0.39 is 0 Å². The first-order valence-electron chi connectivity index (χ1n) is 7.54. The largest absolute Gasteiger partial charge is 0.303 e. The van der Waals surface area contributed by atoms with Crippen molar-refractivity contribution in [1.29, 1.82) is 0 Å². The molecule has 2 heterocycles. The van der Waals surface area contributed by atoms with Crippen LogP contribution in [-0.2, 0) is 0 Å². The predicted octanol–water partition coefficient (Wildman–Crippen LogP) is 3.37. The van der Waals surface area contributed by atoms with Gasteiger partial charge in [-0.15, -0.1) is 0 Å². The van der Waals surface area contributed by atoms with Crippen LogP contribution in [0, 0.1) is 0 Å². The molecule has 1 aromatic carbocycles. The molecule has 1 atom stereocenters. The van der Waals surface area contributed by atoms with E-state index in [-0.39, 0.29) is 0 Å². The molecule has 0 aliphatic carbocycles. The maximum Gasteiger partial charge on any atom is 0.137 e. The first-order chi connectivity index (χ1) is 10.2. The fourth-order valence-corrected chi connectivity index (χ4v) is 3.28. The number of halogens is 1. The first-order valence-corrected chi connectivity index (χ1v) is 7.92. The van der Waals surface area contributed by atoms with Gasteiger partial charge in [0, 0.05) is 24.7 Å². The number of nitrogens with zero attached hydrogens (tertiary/aromatic N) is 4. The van der Waals surface area contributed by atoms with Crippen LogP contribution in [0.1, 0.15) is 37.3 Å². The van der Waals surface area contributed by atoms with Crippen LogP contribution in [0.3, 0.4) is 0 Å². The highest BCUT2D eigenvalue weighted by molar-refractivity contribution is 6.30. The second-order valence-electron chi connectivity index (χ2n) is 5.86. The molecule has 0 bridgehead atoms. The Morgan fingerprint density at radius 1 is 1.33 bits per heavy atom. The fourth-order valence-electron chi connectivity index (χ4n) is 3.08. The van der Waals surface area contributed by atoms with Crippen LogP contribution in [0.25, 0.3) is 0 Å². The van der Waals surface area contributed by atoms with Crippen LogP contribution in [-0.4, -0.2) is 39.3 Å². The summed E-state index contributed by atoms with van der Waals surface area (Å²) in [7, 11) is 0. The Morgan fingerprint density at radius 3 is 2.81 bits per heavy atom. The summed E-state index contributed by atoms with van der Waals surface area (Å²) in [4.78, 5) is 6.58. The van der Waals surface area contributed by atoms with Crippen molar-refractivity contribution in [2.45, 2.75) is 31.7 Å². The molecule has 1 saturated heterocycles. The van der Waals surface area contributed by atoms with E-state index in [1.54, 1.807) is 6.33 Å². The van der Waals surface area contributed by atoms with Crippen molar-refractivity contribution in [3.8, 4) is 0 Å². The lowest BCUT2D eigenvalue weighted by Gasteiger charge is -2.33. The molecule has 0 radical (unpaired) electrons. The van der Waals surface area contributed by atoms with Crippen molar-refractivity contribution in [3.05, 3.63) is 47.5 Å². The minimum Gasteiger partial charge on any atom is -0.303 e. The zero-order valence-electron chi connectivity index (χ0n) is 12.3. The van der Waals surface area contributed by atoms with E-state index in [1.165, 1.54) is 5.56 Å². The van der Waals surface area contributed by atoms with Gasteiger partial charge in [0.2, 0.25) is 0 Å². The Hall–Kier alpha value is -1.39. The molecule has 1 aromatic heterocycles. The standard InChI is InChI=1S/C16H21ClN4/c1-13(14-3-2-4-15(17)9-14)10-20-7-5-16(6-8-20)21-12-18-11-19-21/h2-4,9,11-13,16H,5-8,10H2,1H3. The number of piperidine rings is 1. The summed E-state index contributed by atoms with van der Waals surface area (Å²) in [5, 5.41) is 5.08. The van der Waals surface area contributed by atoms with Gasteiger partial charge in [-0.3, -0.25) is 0 Å². The second-order valence-corrected chi connectivity index (χ2v) is 6.30. The van der Waals surface area contributed by atoms with Gasteiger partial charge in [-0.05, 0) is 36.5 Å². The van der Waals surface area contributed by atoms with Gasteiger partial charge in [0.05, 0.1) is 6.04 Å². The molecule has 1 unspecified atom stereocenters. The molecule has 4 nitrogen and oxygen atoms in total. The summed E-state index contributed by atoms with van der Waals surface area (Å²) in [5.41, 5.74) is 1.32. The summed E-state index contributed by atoms with van der Waals surface area (Å²) in [6, 6.07) is 8.71. The summed E-state index contributed by atoms with van der Waals surface area (Å²) in [6.07, 6.45) is 5.74. The van der Waals surface area contributed by atoms with E-state index in [4.69, 9.17) is 11.6 Å². The van der Waals surface area contributed by atoms with E-state index in [0.717, 1.165) is 37.5 Å². The van der Waals surface area contributed by atoms with Gasteiger partial charge in [0.25, 0.3) is 0 Å². The minimum atomic E-state index is 0.505. The van der Waals surface area contributed by atoms with Gasteiger partial charge >= 0.3 is 0 Å².